The molecular weight excluding hydrogens is 360 g/mol. The second-order valence-corrected chi connectivity index (χ2v) is 9.30. The van der Waals surface area contributed by atoms with Gasteiger partial charge >= 0.3 is 0 Å². The molecule has 0 radical (unpaired) electrons. The molecule has 6 nitrogen and oxygen atoms in total. The number of fused-ring (bicyclic) bond motifs is 1. The van der Waals surface area contributed by atoms with Gasteiger partial charge in [0.2, 0.25) is 0 Å². The molecule has 0 amide bonds. The predicted molar refractivity (Wildman–Crippen MR) is 113 cm³/mol. The van der Waals surface area contributed by atoms with Crippen LogP contribution in [0.3, 0.4) is 0 Å². The standard InChI is InChI=1S/C20H26N4O2S/c1-15(2)22-20(7-11-21)24-14-10-17-18(5-4-6-19(17)24)23-12-8-16(9-13-23)27(3,25)26/h4-7,10-11,14,16H,1,8-9,12-13,21H2,2-3H3/b11-7-,22-20?. The van der Waals surface area contributed by atoms with Crippen LogP contribution in [0.4, 0.5) is 5.69 Å². The molecule has 7 heteroatoms. The van der Waals surface area contributed by atoms with Gasteiger partial charge in [0.25, 0.3) is 0 Å². The van der Waals surface area contributed by atoms with Crippen molar-refractivity contribution in [3.05, 3.63) is 55.0 Å². The fourth-order valence-corrected chi connectivity index (χ4v) is 4.67. The molecule has 2 N–H and O–H groups in total. The van der Waals surface area contributed by atoms with E-state index in [0.29, 0.717) is 24.4 Å². The van der Waals surface area contributed by atoms with E-state index in [1.54, 1.807) is 6.08 Å². The molecule has 1 aliphatic rings. The Morgan fingerprint density at radius 2 is 2.00 bits per heavy atom. The Labute approximate surface area is 160 Å². The van der Waals surface area contributed by atoms with E-state index in [-0.39, 0.29) is 5.25 Å². The molecule has 1 aliphatic heterocycles. The Kier molecular flexibility index (Phi) is 5.41. The number of rotatable bonds is 4. The van der Waals surface area contributed by atoms with Crippen molar-refractivity contribution in [3.63, 3.8) is 0 Å². The summed E-state index contributed by atoms with van der Waals surface area (Å²) in [6.07, 6.45) is 7.84. The molecule has 2 aromatic rings. The minimum Gasteiger partial charge on any atom is -0.404 e. The summed E-state index contributed by atoms with van der Waals surface area (Å²) < 4.78 is 25.6. The minimum absolute atomic E-state index is 0.235. The molecule has 0 saturated carbocycles. The number of allylic oxidation sites excluding steroid dienone is 2. The zero-order valence-corrected chi connectivity index (χ0v) is 16.6. The summed E-state index contributed by atoms with van der Waals surface area (Å²) in [7, 11) is -2.97. The van der Waals surface area contributed by atoms with E-state index in [9.17, 15) is 8.42 Å². The third kappa shape index (κ3) is 4.08. The summed E-state index contributed by atoms with van der Waals surface area (Å²) in [4.78, 5) is 6.74. The fraction of sp³-hybridized carbons (Fsp3) is 0.350. The van der Waals surface area contributed by atoms with Crippen LogP contribution in [-0.4, -0.2) is 43.4 Å². The highest BCUT2D eigenvalue weighted by Gasteiger charge is 2.27. The maximum absolute atomic E-state index is 11.8. The summed E-state index contributed by atoms with van der Waals surface area (Å²) in [5.41, 5.74) is 8.43. The molecule has 2 heterocycles. The van der Waals surface area contributed by atoms with Crippen LogP contribution in [0, 0.1) is 0 Å². The number of sulfone groups is 1. The van der Waals surface area contributed by atoms with Crippen molar-refractivity contribution in [3.8, 4) is 0 Å². The average Bonchev–Trinajstić information content (AvgIpc) is 3.04. The topological polar surface area (TPSA) is 80.7 Å². The lowest BCUT2D eigenvalue weighted by Gasteiger charge is -2.33. The van der Waals surface area contributed by atoms with E-state index in [1.165, 1.54) is 12.5 Å². The van der Waals surface area contributed by atoms with Gasteiger partial charge in [-0.3, -0.25) is 0 Å². The lowest BCUT2D eigenvalue weighted by molar-refractivity contribution is 0.535. The number of hydrogen-bond donors (Lipinski definition) is 1. The van der Waals surface area contributed by atoms with Gasteiger partial charge in [0.15, 0.2) is 0 Å². The lowest BCUT2D eigenvalue weighted by Crippen LogP contribution is -2.39. The summed E-state index contributed by atoms with van der Waals surface area (Å²) >= 11 is 0. The molecule has 1 fully saturated rings. The van der Waals surface area contributed by atoms with Crippen molar-refractivity contribution >= 4 is 32.3 Å². The number of benzene rings is 1. The van der Waals surface area contributed by atoms with Crippen LogP contribution in [-0.2, 0) is 9.84 Å². The third-order valence-corrected chi connectivity index (χ3v) is 6.58. The van der Waals surface area contributed by atoms with Crippen LogP contribution in [0.2, 0.25) is 0 Å². The monoisotopic (exact) mass is 386 g/mol. The molecule has 0 unspecified atom stereocenters. The molecule has 0 spiro atoms. The Balaban J connectivity index is 1.96. The molecule has 1 aromatic carbocycles. The number of hydrogen-bond acceptors (Lipinski definition) is 5. The first-order chi connectivity index (χ1) is 12.8. The number of piperidine rings is 1. The maximum Gasteiger partial charge on any atom is 0.150 e. The van der Waals surface area contributed by atoms with E-state index in [2.05, 4.69) is 28.6 Å². The van der Waals surface area contributed by atoms with Crippen molar-refractivity contribution in [1.82, 2.24) is 4.57 Å². The van der Waals surface area contributed by atoms with Gasteiger partial charge < -0.3 is 15.2 Å². The zero-order valence-electron chi connectivity index (χ0n) is 15.8. The molecule has 0 aliphatic carbocycles. The average molecular weight is 387 g/mol. The Morgan fingerprint density at radius 3 is 2.59 bits per heavy atom. The van der Waals surface area contributed by atoms with E-state index in [0.717, 1.165) is 29.7 Å². The molecular formula is C20H26N4O2S. The summed E-state index contributed by atoms with van der Waals surface area (Å²) in [6.45, 7) is 7.16. The molecule has 3 rings (SSSR count). The molecule has 0 atom stereocenters. The normalized spacial score (nSPS) is 17.1. The van der Waals surface area contributed by atoms with Gasteiger partial charge in [-0.1, -0.05) is 12.6 Å². The molecule has 1 aromatic heterocycles. The van der Waals surface area contributed by atoms with Crippen molar-refractivity contribution < 1.29 is 8.42 Å². The smallest absolute Gasteiger partial charge is 0.150 e. The maximum atomic E-state index is 11.8. The van der Waals surface area contributed by atoms with Gasteiger partial charge in [-0.05, 0) is 50.2 Å². The van der Waals surface area contributed by atoms with E-state index in [1.807, 2.05) is 29.8 Å². The quantitative estimate of drug-likeness (QED) is 0.647. The van der Waals surface area contributed by atoms with Crippen molar-refractivity contribution in [2.75, 3.05) is 24.2 Å². The van der Waals surface area contributed by atoms with Gasteiger partial charge in [-0.2, -0.15) is 0 Å². The van der Waals surface area contributed by atoms with E-state index in [4.69, 9.17) is 5.73 Å². The van der Waals surface area contributed by atoms with Gasteiger partial charge in [0.1, 0.15) is 15.7 Å². The van der Waals surface area contributed by atoms with Gasteiger partial charge in [-0.25, -0.2) is 13.4 Å². The van der Waals surface area contributed by atoms with Crippen molar-refractivity contribution in [2.24, 2.45) is 10.7 Å². The first-order valence-electron chi connectivity index (χ1n) is 8.98. The lowest BCUT2D eigenvalue weighted by atomic mass is 10.1. The van der Waals surface area contributed by atoms with Crippen LogP contribution in [0.15, 0.2) is 60.0 Å². The third-order valence-electron chi connectivity index (χ3n) is 4.90. The largest absolute Gasteiger partial charge is 0.404 e. The van der Waals surface area contributed by atoms with Gasteiger partial charge in [0, 0.05) is 42.3 Å². The van der Waals surface area contributed by atoms with Crippen molar-refractivity contribution in [2.45, 2.75) is 25.0 Å². The number of nitrogens with zero attached hydrogens (tertiary/aromatic N) is 3. The molecule has 27 heavy (non-hydrogen) atoms. The highest BCUT2D eigenvalue weighted by molar-refractivity contribution is 7.91. The van der Waals surface area contributed by atoms with Crippen LogP contribution >= 0.6 is 0 Å². The first-order valence-corrected chi connectivity index (χ1v) is 10.9. The molecule has 144 valence electrons. The SMILES string of the molecule is C=C(C)N=C(/C=C\N)n1ccc2c(N3CCC(S(C)(=O)=O)CC3)cccc21. The van der Waals surface area contributed by atoms with Gasteiger partial charge in [-0.15, -0.1) is 0 Å². The second-order valence-electron chi connectivity index (χ2n) is 6.98. The summed E-state index contributed by atoms with van der Waals surface area (Å²) in [5.74, 6) is 0.702. The molecule has 0 bridgehead atoms. The van der Waals surface area contributed by atoms with Crippen LogP contribution in [0.25, 0.3) is 10.9 Å². The Morgan fingerprint density at radius 1 is 1.30 bits per heavy atom. The Hall–Kier alpha value is -2.54. The zero-order chi connectivity index (χ0) is 19.6. The minimum atomic E-state index is -2.97. The predicted octanol–water partition coefficient (Wildman–Crippen LogP) is 2.91. The second kappa shape index (κ2) is 7.60. The summed E-state index contributed by atoms with van der Waals surface area (Å²) in [5, 5.41) is 0.872. The summed E-state index contributed by atoms with van der Waals surface area (Å²) in [6, 6.07) is 8.20. The number of nitrogens with two attached hydrogens (primary N) is 1. The Bertz CT molecular complexity index is 1010. The highest BCUT2D eigenvalue weighted by Crippen LogP contribution is 2.31. The van der Waals surface area contributed by atoms with E-state index >= 15 is 0 Å². The van der Waals surface area contributed by atoms with Crippen molar-refractivity contribution in [1.29, 1.82) is 0 Å². The van der Waals surface area contributed by atoms with E-state index < -0.39 is 9.84 Å². The molecule has 1 saturated heterocycles. The highest BCUT2D eigenvalue weighted by atomic mass is 32.2. The fourth-order valence-electron chi connectivity index (χ4n) is 3.60. The van der Waals surface area contributed by atoms with Crippen LogP contribution in [0.5, 0.6) is 0 Å². The number of anilines is 1. The van der Waals surface area contributed by atoms with Gasteiger partial charge in [0.05, 0.1) is 10.8 Å². The van der Waals surface area contributed by atoms with Crippen LogP contribution < -0.4 is 10.6 Å². The number of aromatic nitrogens is 1. The number of aliphatic imine (C=N–C) groups is 1. The van der Waals surface area contributed by atoms with Crippen LogP contribution in [0.1, 0.15) is 19.8 Å². The first kappa shape index (κ1) is 19.2.